The minimum Gasteiger partial charge on any atom is -0.313 e. The Morgan fingerprint density at radius 3 is 2.00 bits per heavy atom. The lowest BCUT2D eigenvalue weighted by Crippen LogP contribution is -2.24. The first kappa shape index (κ1) is 12.6. The minimum absolute atomic E-state index is 0.107. The van der Waals surface area contributed by atoms with E-state index in [1.54, 1.807) is 7.05 Å². The van der Waals surface area contributed by atoms with Crippen LogP contribution in [0.25, 0.3) is 0 Å². The summed E-state index contributed by atoms with van der Waals surface area (Å²) in [5.41, 5.74) is 0.107. The van der Waals surface area contributed by atoms with Crippen molar-refractivity contribution < 1.29 is 8.78 Å². The molecule has 0 aliphatic carbocycles. The lowest BCUT2D eigenvalue weighted by molar-refractivity contribution is 0.403. The van der Waals surface area contributed by atoms with Gasteiger partial charge in [0.05, 0.1) is 0 Å². The number of hydrogen-bond donors (Lipinski definition) is 1. The summed E-state index contributed by atoms with van der Waals surface area (Å²) in [5, 5.41) is 2.92. The zero-order valence-corrected chi connectivity index (χ0v) is 10.5. The van der Waals surface area contributed by atoms with E-state index in [-0.39, 0.29) is 17.5 Å². The first-order valence-electron chi connectivity index (χ1n) is 4.79. The van der Waals surface area contributed by atoms with Gasteiger partial charge in [-0.2, -0.15) is 0 Å². The zero-order valence-electron chi connectivity index (χ0n) is 8.94. The first-order valence-corrected chi connectivity index (χ1v) is 5.58. The van der Waals surface area contributed by atoms with Crippen LogP contribution in [0.2, 0.25) is 0 Å². The van der Waals surface area contributed by atoms with Crippen LogP contribution in [0.3, 0.4) is 0 Å². The molecule has 0 bridgehead atoms. The molecule has 15 heavy (non-hydrogen) atoms. The van der Waals surface area contributed by atoms with E-state index in [0.29, 0.717) is 4.47 Å². The molecule has 1 atom stereocenters. The minimum atomic E-state index is -0.519. The Labute approximate surface area is 97.0 Å². The highest BCUT2D eigenvalue weighted by molar-refractivity contribution is 9.10. The molecule has 0 radical (unpaired) electrons. The number of rotatable bonds is 3. The van der Waals surface area contributed by atoms with Crippen molar-refractivity contribution in [2.24, 2.45) is 5.92 Å². The monoisotopic (exact) mass is 277 g/mol. The van der Waals surface area contributed by atoms with Crippen LogP contribution in [0, 0.1) is 17.6 Å². The van der Waals surface area contributed by atoms with Crippen LogP contribution in [-0.2, 0) is 0 Å². The third-order valence-corrected chi connectivity index (χ3v) is 2.79. The number of halogens is 3. The van der Waals surface area contributed by atoms with Gasteiger partial charge in [0.25, 0.3) is 0 Å². The van der Waals surface area contributed by atoms with Crippen LogP contribution >= 0.6 is 15.9 Å². The molecule has 0 aliphatic rings. The number of benzene rings is 1. The second-order valence-electron chi connectivity index (χ2n) is 3.79. The van der Waals surface area contributed by atoms with Crippen molar-refractivity contribution in [3.05, 3.63) is 33.8 Å². The fourth-order valence-corrected chi connectivity index (χ4v) is 2.06. The van der Waals surface area contributed by atoms with Gasteiger partial charge in [0.2, 0.25) is 0 Å². The van der Waals surface area contributed by atoms with Gasteiger partial charge in [0.1, 0.15) is 11.6 Å². The molecule has 0 saturated carbocycles. The van der Waals surface area contributed by atoms with Gasteiger partial charge in [0.15, 0.2) is 0 Å². The summed E-state index contributed by atoms with van der Waals surface area (Å²) < 4.78 is 27.6. The Morgan fingerprint density at radius 2 is 1.67 bits per heavy atom. The summed E-state index contributed by atoms with van der Waals surface area (Å²) >= 11 is 3.05. The molecule has 0 aromatic heterocycles. The normalized spacial score (nSPS) is 13.3. The highest BCUT2D eigenvalue weighted by Crippen LogP contribution is 2.28. The van der Waals surface area contributed by atoms with Crippen molar-refractivity contribution in [3.8, 4) is 0 Å². The van der Waals surface area contributed by atoms with Crippen molar-refractivity contribution >= 4 is 15.9 Å². The van der Waals surface area contributed by atoms with Crippen LogP contribution in [0.1, 0.15) is 25.5 Å². The zero-order chi connectivity index (χ0) is 11.6. The third-order valence-electron chi connectivity index (χ3n) is 2.33. The molecule has 0 saturated heterocycles. The average molecular weight is 278 g/mol. The Balaban J connectivity index is 3.23. The molecular formula is C11H14BrF2N. The predicted octanol–water partition coefficient (Wildman–Crippen LogP) is 3.64. The van der Waals surface area contributed by atoms with Gasteiger partial charge in [-0.3, -0.25) is 0 Å². The third kappa shape index (κ3) is 2.75. The van der Waals surface area contributed by atoms with E-state index in [1.165, 1.54) is 12.1 Å². The molecule has 1 aromatic carbocycles. The standard InChI is InChI=1S/C11H14BrF2N/c1-6(2)11(15-3)10-8(13)4-7(12)5-9(10)14/h4-6,11,15H,1-3H3. The van der Waals surface area contributed by atoms with E-state index in [0.717, 1.165) is 0 Å². The maximum Gasteiger partial charge on any atom is 0.132 e. The van der Waals surface area contributed by atoms with Crippen molar-refractivity contribution in [1.82, 2.24) is 5.32 Å². The van der Waals surface area contributed by atoms with Crippen LogP contribution in [0.15, 0.2) is 16.6 Å². The topological polar surface area (TPSA) is 12.0 Å². The van der Waals surface area contributed by atoms with E-state index in [9.17, 15) is 8.78 Å². The molecule has 0 heterocycles. The molecule has 4 heteroatoms. The predicted molar refractivity (Wildman–Crippen MR) is 60.7 cm³/mol. The van der Waals surface area contributed by atoms with Gasteiger partial charge in [-0.25, -0.2) is 8.78 Å². The van der Waals surface area contributed by atoms with Gasteiger partial charge in [-0.1, -0.05) is 29.8 Å². The van der Waals surface area contributed by atoms with Crippen molar-refractivity contribution in [2.75, 3.05) is 7.05 Å². The molecule has 1 aromatic rings. The van der Waals surface area contributed by atoms with Crippen molar-refractivity contribution in [2.45, 2.75) is 19.9 Å². The summed E-state index contributed by atoms with van der Waals surface area (Å²) in [6.45, 7) is 3.84. The van der Waals surface area contributed by atoms with Crippen LogP contribution in [0.4, 0.5) is 8.78 Å². The van der Waals surface area contributed by atoms with Crippen LogP contribution in [-0.4, -0.2) is 7.05 Å². The Bertz CT molecular complexity index is 329. The number of nitrogens with one attached hydrogen (secondary N) is 1. The van der Waals surface area contributed by atoms with Gasteiger partial charge >= 0.3 is 0 Å². The summed E-state index contributed by atoms with van der Waals surface area (Å²) in [5.74, 6) is -0.912. The summed E-state index contributed by atoms with van der Waals surface area (Å²) in [4.78, 5) is 0. The molecule has 0 fully saturated rings. The van der Waals surface area contributed by atoms with Crippen molar-refractivity contribution in [3.63, 3.8) is 0 Å². The second kappa shape index (κ2) is 5.03. The Morgan fingerprint density at radius 1 is 1.20 bits per heavy atom. The fourth-order valence-electron chi connectivity index (χ4n) is 1.66. The quantitative estimate of drug-likeness (QED) is 0.890. The smallest absolute Gasteiger partial charge is 0.132 e. The highest BCUT2D eigenvalue weighted by atomic mass is 79.9. The van der Waals surface area contributed by atoms with E-state index in [1.807, 2.05) is 13.8 Å². The Kier molecular flexibility index (Phi) is 4.22. The lowest BCUT2D eigenvalue weighted by atomic mass is 9.95. The van der Waals surface area contributed by atoms with E-state index in [2.05, 4.69) is 21.2 Å². The van der Waals surface area contributed by atoms with Gasteiger partial charge in [-0.05, 0) is 25.1 Å². The molecule has 1 rings (SSSR count). The van der Waals surface area contributed by atoms with Gasteiger partial charge in [0, 0.05) is 16.1 Å². The Hall–Kier alpha value is -0.480. The molecule has 0 aliphatic heterocycles. The van der Waals surface area contributed by atoms with E-state index < -0.39 is 11.6 Å². The summed E-state index contributed by atoms with van der Waals surface area (Å²) in [7, 11) is 1.70. The molecule has 1 nitrogen and oxygen atoms in total. The van der Waals surface area contributed by atoms with Crippen LogP contribution in [0.5, 0.6) is 0 Å². The van der Waals surface area contributed by atoms with Gasteiger partial charge in [-0.15, -0.1) is 0 Å². The van der Waals surface area contributed by atoms with Crippen LogP contribution < -0.4 is 5.32 Å². The van der Waals surface area contributed by atoms with Gasteiger partial charge < -0.3 is 5.32 Å². The molecule has 1 N–H and O–H groups in total. The summed E-state index contributed by atoms with van der Waals surface area (Å²) in [6.07, 6.45) is 0. The van der Waals surface area contributed by atoms with Crippen molar-refractivity contribution in [1.29, 1.82) is 0 Å². The fraction of sp³-hybridized carbons (Fsp3) is 0.455. The highest BCUT2D eigenvalue weighted by Gasteiger charge is 2.22. The largest absolute Gasteiger partial charge is 0.313 e. The maximum atomic E-state index is 13.6. The molecule has 1 unspecified atom stereocenters. The van der Waals surface area contributed by atoms with E-state index >= 15 is 0 Å². The van der Waals surface area contributed by atoms with E-state index in [4.69, 9.17) is 0 Å². The first-order chi connectivity index (χ1) is 6.97. The molecule has 84 valence electrons. The molecule has 0 spiro atoms. The summed E-state index contributed by atoms with van der Waals surface area (Å²) in [6, 6.07) is 2.26. The second-order valence-corrected chi connectivity index (χ2v) is 4.71. The average Bonchev–Trinajstić information content (AvgIpc) is 2.09. The molecule has 0 amide bonds. The molecular weight excluding hydrogens is 264 g/mol. The number of hydrogen-bond acceptors (Lipinski definition) is 1. The maximum absolute atomic E-state index is 13.6. The lowest BCUT2D eigenvalue weighted by Gasteiger charge is -2.21. The SMILES string of the molecule is CNC(c1c(F)cc(Br)cc1F)C(C)C.